The van der Waals surface area contributed by atoms with Crippen molar-refractivity contribution in [3.63, 3.8) is 0 Å². The fourth-order valence-electron chi connectivity index (χ4n) is 3.01. The summed E-state index contributed by atoms with van der Waals surface area (Å²) in [4.78, 5) is 14.9. The van der Waals surface area contributed by atoms with Gasteiger partial charge in [-0.15, -0.1) is 0 Å². The van der Waals surface area contributed by atoms with E-state index >= 15 is 0 Å². The number of rotatable bonds is 5. The molecule has 5 heteroatoms. The van der Waals surface area contributed by atoms with E-state index in [1.165, 1.54) is 0 Å². The van der Waals surface area contributed by atoms with Crippen LogP contribution in [0.25, 0.3) is 0 Å². The third-order valence-corrected chi connectivity index (χ3v) is 4.30. The standard InChI is InChI=1S/C17H28N4O/c1-3-13-6-7-14(12-15(13)18)20-17(22)16(4-2)21-10-5-8-19-9-11-21/h6-7,12,16,19H,3-5,8-11,18H2,1-2H3,(H,20,22). The lowest BCUT2D eigenvalue weighted by Crippen LogP contribution is -2.45. The van der Waals surface area contributed by atoms with Crippen LogP contribution in [-0.2, 0) is 11.2 Å². The van der Waals surface area contributed by atoms with E-state index in [4.69, 9.17) is 5.73 Å². The molecular formula is C17H28N4O. The third-order valence-electron chi connectivity index (χ3n) is 4.30. The van der Waals surface area contributed by atoms with E-state index in [1.807, 2.05) is 18.2 Å². The minimum Gasteiger partial charge on any atom is -0.398 e. The van der Waals surface area contributed by atoms with E-state index in [1.54, 1.807) is 0 Å². The monoisotopic (exact) mass is 304 g/mol. The number of anilines is 2. The van der Waals surface area contributed by atoms with Crippen molar-refractivity contribution >= 4 is 17.3 Å². The molecule has 22 heavy (non-hydrogen) atoms. The van der Waals surface area contributed by atoms with Gasteiger partial charge in [-0.1, -0.05) is 19.9 Å². The second-order valence-electron chi connectivity index (χ2n) is 5.82. The first-order valence-corrected chi connectivity index (χ1v) is 8.29. The molecule has 1 aliphatic rings. The first-order chi connectivity index (χ1) is 10.7. The summed E-state index contributed by atoms with van der Waals surface area (Å²) >= 11 is 0. The van der Waals surface area contributed by atoms with Crippen LogP contribution in [0.3, 0.4) is 0 Å². The molecule has 1 saturated heterocycles. The number of nitrogens with zero attached hydrogens (tertiary/aromatic N) is 1. The third kappa shape index (κ3) is 4.21. The van der Waals surface area contributed by atoms with Crippen molar-refractivity contribution in [3.05, 3.63) is 23.8 Å². The Hall–Kier alpha value is -1.59. The molecule has 4 N–H and O–H groups in total. The summed E-state index contributed by atoms with van der Waals surface area (Å²) < 4.78 is 0. The molecule has 1 aromatic carbocycles. The van der Waals surface area contributed by atoms with Crippen LogP contribution in [0.1, 0.15) is 32.3 Å². The van der Waals surface area contributed by atoms with Gasteiger partial charge >= 0.3 is 0 Å². The van der Waals surface area contributed by atoms with E-state index in [9.17, 15) is 4.79 Å². The van der Waals surface area contributed by atoms with Crippen LogP contribution >= 0.6 is 0 Å². The molecule has 5 nitrogen and oxygen atoms in total. The Kier molecular flexibility index (Phi) is 6.21. The molecule has 0 spiro atoms. The maximum atomic E-state index is 12.6. The highest BCUT2D eigenvalue weighted by Gasteiger charge is 2.24. The number of hydrogen-bond acceptors (Lipinski definition) is 4. The van der Waals surface area contributed by atoms with Gasteiger partial charge in [0.25, 0.3) is 0 Å². The number of amides is 1. The summed E-state index contributed by atoms with van der Waals surface area (Å²) in [5.74, 6) is 0.0630. The molecule has 1 amide bonds. The van der Waals surface area contributed by atoms with Gasteiger partial charge < -0.3 is 16.4 Å². The number of benzene rings is 1. The molecule has 122 valence electrons. The Bertz CT molecular complexity index is 495. The minimum absolute atomic E-state index is 0.0630. The van der Waals surface area contributed by atoms with Crippen LogP contribution in [0.4, 0.5) is 11.4 Å². The van der Waals surface area contributed by atoms with E-state index in [0.29, 0.717) is 0 Å². The van der Waals surface area contributed by atoms with Gasteiger partial charge in [0.15, 0.2) is 0 Å². The van der Waals surface area contributed by atoms with Crippen molar-refractivity contribution in [1.82, 2.24) is 10.2 Å². The van der Waals surface area contributed by atoms with Gasteiger partial charge in [0.2, 0.25) is 5.91 Å². The van der Waals surface area contributed by atoms with E-state index in [0.717, 1.165) is 62.4 Å². The summed E-state index contributed by atoms with van der Waals surface area (Å²) in [7, 11) is 0. The van der Waals surface area contributed by atoms with Gasteiger partial charge in [-0.3, -0.25) is 9.69 Å². The van der Waals surface area contributed by atoms with Gasteiger partial charge in [0, 0.05) is 31.0 Å². The zero-order chi connectivity index (χ0) is 15.9. The summed E-state index contributed by atoms with van der Waals surface area (Å²) in [5.41, 5.74) is 8.65. The van der Waals surface area contributed by atoms with E-state index in [2.05, 4.69) is 29.4 Å². The van der Waals surface area contributed by atoms with Crippen LogP contribution in [0.5, 0.6) is 0 Å². The molecule has 1 fully saturated rings. The maximum Gasteiger partial charge on any atom is 0.241 e. The number of nitrogen functional groups attached to an aromatic ring is 1. The van der Waals surface area contributed by atoms with Crippen LogP contribution < -0.4 is 16.4 Å². The first kappa shape index (κ1) is 16.8. The van der Waals surface area contributed by atoms with Crippen molar-refractivity contribution < 1.29 is 4.79 Å². The van der Waals surface area contributed by atoms with Gasteiger partial charge in [0.1, 0.15) is 0 Å². The zero-order valence-corrected chi connectivity index (χ0v) is 13.7. The summed E-state index contributed by atoms with van der Waals surface area (Å²) in [6, 6.07) is 5.70. The largest absolute Gasteiger partial charge is 0.398 e. The SMILES string of the molecule is CCc1ccc(NC(=O)C(CC)N2CCCNCC2)cc1N. The Morgan fingerprint density at radius 1 is 1.36 bits per heavy atom. The molecular weight excluding hydrogens is 276 g/mol. The Labute approximate surface area is 133 Å². The first-order valence-electron chi connectivity index (χ1n) is 8.29. The topological polar surface area (TPSA) is 70.4 Å². The number of aryl methyl sites for hydroxylation is 1. The quantitative estimate of drug-likeness (QED) is 0.726. The molecule has 1 aromatic rings. The number of nitrogens with two attached hydrogens (primary N) is 1. The molecule has 0 bridgehead atoms. The highest BCUT2D eigenvalue weighted by Crippen LogP contribution is 2.19. The lowest BCUT2D eigenvalue weighted by atomic mass is 10.1. The fourth-order valence-corrected chi connectivity index (χ4v) is 3.01. The molecule has 2 rings (SSSR count). The lowest BCUT2D eigenvalue weighted by Gasteiger charge is -2.28. The molecule has 1 unspecified atom stereocenters. The highest BCUT2D eigenvalue weighted by atomic mass is 16.2. The average molecular weight is 304 g/mol. The van der Waals surface area contributed by atoms with Gasteiger partial charge in [-0.25, -0.2) is 0 Å². The van der Waals surface area contributed by atoms with Crippen LogP contribution in [0, 0.1) is 0 Å². The lowest BCUT2D eigenvalue weighted by molar-refractivity contribution is -0.121. The zero-order valence-electron chi connectivity index (χ0n) is 13.7. The molecule has 1 aliphatic heterocycles. The maximum absolute atomic E-state index is 12.6. The molecule has 1 atom stereocenters. The predicted molar refractivity (Wildman–Crippen MR) is 92.0 cm³/mol. The smallest absolute Gasteiger partial charge is 0.241 e. The van der Waals surface area contributed by atoms with Crippen molar-refractivity contribution in [1.29, 1.82) is 0 Å². The minimum atomic E-state index is -0.0769. The fraction of sp³-hybridized carbons (Fsp3) is 0.588. The van der Waals surface area contributed by atoms with Crippen LogP contribution in [-0.4, -0.2) is 43.0 Å². The van der Waals surface area contributed by atoms with Gasteiger partial charge in [0.05, 0.1) is 6.04 Å². The molecule has 0 radical (unpaired) electrons. The molecule has 0 aliphatic carbocycles. The van der Waals surface area contributed by atoms with Gasteiger partial charge in [-0.2, -0.15) is 0 Å². The number of hydrogen-bond donors (Lipinski definition) is 3. The molecule has 1 heterocycles. The Morgan fingerprint density at radius 3 is 2.86 bits per heavy atom. The second kappa shape index (κ2) is 8.15. The van der Waals surface area contributed by atoms with E-state index in [-0.39, 0.29) is 11.9 Å². The highest BCUT2D eigenvalue weighted by molar-refractivity contribution is 5.95. The summed E-state index contributed by atoms with van der Waals surface area (Å²) in [6.45, 7) is 8.01. The van der Waals surface area contributed by atoms with Crippen molar-refractivity contribution in [2.75, 3.05) is 37.2 Å². The number of carbonyl (C=O) groups excluding carboxylic acids is 1. The average Bonchev–Trinajstić information content (AvgIpc) is 2.77. The summed E-state index contributed by atoms with van der Waals surface area (Å²) in [5, 5.41) is 6.40. The summed E-state index contributed by atoms with van der Waals surface area (Å²) in [6.07, 6.45) is 2.80. The van der Waals surface area contributed by atoms with E-state index < -0.39 is 0 Å². The predicted octanol–water partition coefficient (Wildman–Crippen LogP) is 1.84. The Balaban J connectivity index is 2.03. The second-order valence-corrected chi connectivity index (χ2v) is 5.82. The Morgan fingerprint density at radius 2 is 2.18 bits per heavy atom. The number of carbonyl (C=O) groups is 1. The van der Waals surface area contributed by atoms with Crippen molar-refractivity contribution in [2.24, 2.45) is 0 Å². The molecule has 0 saturated carbocycles. The van der Waals surface area contributed by atoms with Crippen molar-refractivity contribution in [2.45, 2.75) is 39.2 Å². The van der Waals surface area contributed by atoms with Gasteiger partial charge in [-0.05, 0) is 43.5 Å². The van der Waals surface area contributed by atoms with Crippen LogP contribution in [0.2, 0.25) is 0 Å². The number of nitrogens with one attached hydrogen (secondary N) is 2. The van der Waals surface area contributed by atoms with Crippen LogP contribution in [0.15, 0.2) is 18.2 Å². The normalized spacial score (nSPS) is 17.7. The van der Waals surface area contributed by atoms with Crippen molar-refractivity contribution in [3.8, 4) is 0 Å². The molecule has 0 aromatic heterocycles.